The number of ether oxygens (including phenoxy) is 1. The largest absolute Gasteiger partial charge is 0.491 e. The summed E-state index contributed by atoms with van der Waals surface area (Å²) < 4.78 is 5.46. The third kappa shape index (κ3) is 4.18. The third-order valence-corrected chi connectivity index (χ3v) is 3.18. The average molecular weight is 301 g/mol. The first kappa shape index (κ1) is 16.2. The van der Waals surface area contributed by atoms with Crippen molar-refractivity contribution in [3.8, 4) is 5.75 Å². The van der Waals surface area contributed by atoms with E-state index in [9.17, 15) is 0 Å². The van der Waals surface area contributed by atoms with Gasteiger partial charge in [-0.1, -0.05) is 13.8 Å². The summed E-state index contributed by atoms with van der Waals surface area (Å²) in [5.41, 5.74) is 2.90. The number of hydrogen-bond acceptors (Lipinski definition) is 5. The molecule has 0 amide bonds. The quantitative estimate of drug-likeness (QED) is 0.856. The van der Waals surface area contributed by atoms with E-state index in [1.807, 2.05) is 38.1 Å². The lowest BCUT2D eigenvalue weighted by atomic mass is 10.2. The second-order valence-corrected chi connectivity index (χ2v) is 5.58. The number of anilines is 2. The van der Waals surface area contributed by atoms with Gasteiger partial charge in [-0.3, -0.25) is 0 Å². The SMILES string of the molecule is Cc1cc(Nc2ccc(OCCO)c(C)c2)nc(C(C)C)n1. The van der Waals surface area contributed by atoms with Crippen molar-refractivity contribution in [1.82, 2.24) is 9.97 Å². The Morgan fingerprint density at radius 1 is 1.18 bits per heavy atom. The zero-order valence-electron chi connectivity index (χ0n) is 13.6. The van der Waals surface area contributed by atoms with E-state index in [0.717, 1.165) is 34.3 Å². The van der Waals surface area contributed by atoms with Gasteiger partial charge in [0.25, 0.3) is 0 Å². The number of aryl methyl sites for hydroxylation is 2. The number of rotatable bonds is 6. The minimum atomic E-state index is 0.0115. The lowest BCUT2D eigenvalue weighted by Crippen LogP contribution is -2.04. The van der Waals surface area contributed by atoms with Gasteiger partial charge < -0.3 is 15.2 Å². The van der Waals surface area contributed by atoms with Crippen molar-refractivity contribution in [3.63, 3.8) is 0 Å². The second-order valence-electron chi connectivity index (χ2n) is 5.58. The van der Waals surface area contributed by atoms with Crippen molar-refractivity contribution in [3.05, 3.63) is 41.3 Å². The molecule has 0 spiro atoms. The van der Waals surface area contributed by atoms with Crippen LogP contribution in [0.2, 0.25) is 0 Å². The zero-order chi connectivity index (χ0) is 16.1. The first-order chi connectivity index (χ1) is 10.5. The van der Waals surface area contributed by atoms with E-state index >= 15 is 0 Å². The van der Waals surface area contributed by atoms with Crippen LogP contribution >= 0.6 is 0 Å². The molecule has 1 heterocycles. The number of aliphatic hydroxyl groups excluding tert-OH is 1. The molecule has 0 aliphatic carbocycles. The summed E-state index contributed by atoms with van der Waals surface area (Å²) in [4.78, 5) is 8.99. The molecule has 0 bridgehead atoms. The number of nitrogens with zero attached hydrogens (tertiary/aromatic N) is 2. The minimum Gasteiger partial charge on any atom is -0.491 e. The molecule has 0 fully saturated rings. The summed E-state index contributed by atoms with van der Waals surface area (Å²) in [7, 11) is 0. The Labute approximate surface area is 131 Å². The Balaban J connectivity index is 2.18. The first-order valence-corrected chi connectivity index (χ1v) is 7.46. The van der Waals surface area contributed by atoms with Crippen LogP contribution in [0, 0.1) is 13.8 Å². The Morgan fingerprint density at radius 3 is 2.59 bits per heavy atom. The highest BCUT2D eigenvalue weighted by molar-refractivity contribution is 5.59. The molecule has 2 rings (SSSR count). The van der Waals surface area contributed by atoms with E-state index in [1.54, 1.807) is 0 Å². The van der Waals surface area contributed by atoms with Gasteiger partial charge in [-0.25, -0.2) is 9.97 Å². The highest BCUT2D eigenvalue weighted by Crippen LogP contribution is 2.24. The Kier molecular flexibility index (Phi) is 5.33. The van der Waals surface area contributed by atoms with Gasteiger partial charge in [0.2, 0.25) is 0 Å². The lowest BCUT2D eigenvalue weighted by Gasteiger charge is -2.12. The maximum absolute atomic E-state index is 8.81. The average Bonchev–Trinajstić information content (AvgIpc) is 2.46. The van der Waals surface area contributed by atoms with Gasteiger partial charge >= 0.3 is 0 Å². The molecule has 0 saturated heterocycles. The highest BCUT2D eigenvalue weighted by Gasteiger charge is 2.07. The fourth-order valence-electron chi connectivity index (χ4n) is 2.11. The van der Waals surface area contributed by atoms with Crippen LogP contribution in [0.15, 0.2) is 24.3 Å². The molecular weight excluding hydrogens is 278 g/mol. The van der Waals surface area contributed by atoms with E-state index < -0.39 is 0 Å². The van der Waals surface area contributed by atoms with E-state index in [2.05, 4.69) is 29.1 Å². The van der Waals surface area contributed by atoms with Crippen molar-refractivity contribution in [1.29, 1.82) is 0 Å². The van der Waals surface area contributed by atoms with Gasteiger partial charge in [0, 0.05) is 23.4 Å². The van der Waals surface area contributed by atoms with Gasteiger partial charge in [-0.05, 0) is 37.6 Å². The molecule has 1 aromatic carbocycles. The molecule has 2 aromatic rings. The van der Waals surface area contributed by atoms with Gasteiger partial charge in [-0.2, -0.15) is 0 Å². The van der Waals surface area contributed by atoms with Crippen molar-refractivity contribution in [2.45, 2.75) is 33.6 Å². The van der Waals surface area contributed by atoms with Gasteiger partial charge in [0.15, 0.2) is 0 Å². The maximum atomic E-state index is 8.81. The molecule has 1 aromatic heterocycles. The second kappa shape index (κ2) is 7.22. The summed E-state index contributed by atoms with van der Waals surface area (Å²) in [6.07, 6.45) is 0. The van der Waals surface area contributed by atoms with Gasteiger partial charge in [0.1, 0.15) is 24.0 Å². The predicted octanol–water partition coefficient (Wildman–Crippen LogP) is 3.33. The predicted molar refractivity (Wildman–Crippen MR) is 87.9 cm³/mol. The number of nitrogens with one attached hydrogen (secondary N) is 1. The summed E-state index contributed by atoms with van der Waals surface area (Å²) in [5.74, 6) is 2.69. The first-order valence-electron chi connectivity index (χ1n) is 7.46. The molecule has 22 heavy (non-hydrogen) atoms. The van der Waals surface area contributed by atoms with E-state index in [-0.39, 0.29) is 12.5 Å². The maximum Gasteiger partial charge on any atom is 0.134 e. The number of aromatic nitrogens is 2. The molecule has 0 unspecified atom stereocenters. The Bertz CT molecular complexity index is 642. The topological polar surface area (TPSA) is 67.3 Å². The Hall–Kier alpha value is -2.14. The molecule has 2 N–H and O–H groups in total. The summed E-state index contributed by atoms with van der Waals surface area (Å²) in [5, 5.41) is 12.1. The van der Waals surface area contributed by atoms with Crippen LogP contribution in [0.5, 0.6) is 5.75 Å². The molecular formula is C17H23N3O2. The van der Waals surface area contributed by atoms with Gasteiger partial charge in [0.05, 0.1) is 6.61 Å². The minimum absolute atomic E-state index is 0.0115. The number of benzene rings is 1. The van der Waals surface area contributed by atoms with Crippen LogP contribution in [-0.4, -0.2) is 28.3 Å². The van der Waals surface area contributed by atoms with Crippen LogP contribution in [0.4, 0.5) is 11.5 Å². The van der Waals surface area contributed by atoms with Crippen molar-refractivity contribution >= 4 is 11.5 Å². The molecule has 0 aliphatic rings. The smallest absolute Gasteiger partial charge is 0.134 e. The van der Waals surface area contributed by atoms with Crippen LogP contribution in [0.3, 0.4) is 0 Å². The zero-order valence-corrected chi connectivity index (χ0v) is 13.6. The molecule has 0 aliphatic heterocycles. The normalized spacial score (nSPS) is 10.8. The number of hydrogen-bond donors (Lipinski definition) is 2. The third-order valence-electron chi connectivity index (χ3n) is 3.18. The molecule has 5 heteroatoms. The molecule has 0 radical (unpaired) electrons. The van der Waals surface area contributed by atoms with E-state index in [4.69, 9.17) is 9.84 Å². The van der Waals surface area contributed by atoms with Crippen molar-refractivity contribution in [2.24, 2.45) is 0 Å². The molecule has 5 nitrogen and oxygen atoms in total. The highest BCUT2D eigenvalue weighted by atomic mass is 16.5. The van der Waals surface area contributed by atoms with E-state index in [0.29, 0.717) is 6.61 Å². The Morgan fingerprint density at radius 2 is 1.95 bits per heavy atom. The van der Waals surface area contributed by atoms with Crippen LogP contribution < -0.4 is 10.1 Å². The van der Waals surface area contributed by atoms with Gasteiger partial charge in [-0.15, -0.1) is 0 Å². The van der Waals surface area contributed by atoms with Crippen LogP contribution in [0.1, 0.15) is 36.8 Å². The lowest BCUT2D eigenvalue weighted by molar-refractivity contribution is 0.200. The fraction of sp³-hybridized carbons (Fsp3) is 0.412. The molecule has 0 atom stereocenters. The van der Waals surface area contributed by atoms with Crippen molar-refractivity contribution < 1.29 is 9.84 Å². The molecule has 0 saturated carbocycles. The summed E-state index contributed by atoms with van der Waals surface area (Å²) in [6, 6.07) is 7.76. The van der Waals surface area contributed by atoms with E-state index in [1.165, 1.54) is 0 Å². The van der Waals surface area contributed by atoms with Crippen LogP contribution in [0.25, 0.3) is 0 Å². The van der Waals surface area contributed by atoms with Crippen molar-refractivity contribution in [2.75, 3.05) is 18.5 Å². The summed E-state index contributed by atoms with van der Waals surface area (Å²) >= 11 is 0. The summed E-state index contributed by atoms with van der Waals surface area (Å²) in [6.45, 7) is 8.42. The monoisotopic (exact) mass is 301 g/mol. The van der Waals surface area contributed by atoms with Crippen LogP contribution in [-0.2, 0) is 0 Å². The number of aliphatic hydroxyl groups is 1. The molecule has 118 valence electrons. The standard InChI is InChI=1S/C17H23N3O2/c1-11(2)17-18-13(4)10-16(20-17)19-14-5-6-15(12(3)9-14)22-8-7-21/h5-6,9-11,21H,7-8H2,1-4H3,(H,18,19,20). The fourth-order valence-corrected chi connectivity index (χ4v) is 2.11.